The molecule has 6 heteroatoms. The summed E-state index contributed by atoms with van der Waals surface area (Å²) in [5.74, 6) is -1.34. The van der Waals surface area contributed by atoms with Crippen LogP contribution in [0.3, 0.4) is 0 Å². The maximum absolute atomic E-state index is 12.4. The third kappa shape index (κ3) is 2.44. The first kappa shape index (κ1) is 12.4. The van der Waals surface area contributed by atoms with Gasteiger partial charge in [0.1, 0.15) is 5.69 Å². The minimum absolute atomic E-state index is 0.0813. The van der Waals surface area contributed by atoms with Crippen molar-refractivity contribution in [1.29, 1.82) is 0 Å². The number of ether oxygens (including phenoxy) is 1. The third-order valence-electron chi connectivity index (χ3n) is 1.90. The number of esters is 1. The van der Waals surface area contributed by atoms with Gasteiger partial charge in [-0.3, -0.25) is 0 Å². The summed E-state index contributed by atoms with van der Waals surface area (Å²) in [6.45, 7) is 3.06. The predicted octanol–water partition coefficient (Wildman–Crippen LogP) is 2.21. The maximum atomic E-state index is 12.4. The summed E-state index contributed by atoms with van der Waals surface area (Å²) in [6, 6.07) is 1.03. The lowest BCUT2D eigenvalue weighted by atomic mass is 10.2. The summed E-state index contributed by atoms with van der Waals surface area (Å²) in [4.78, 5) is 14.7. The molecule has 4 nitrogen and oxygen atoms in total. The summed E-state index contributed by atoms with van der Waals surface area (Å²) in [6.07, 6.45) is -2.80. The van der Waals surface area contributed by atoms with Gasteiger partial charge in [-0.05, 0) is 25.5 Å². The Balaban J connectivity index is 3.21. The molecule has 0 bridgehead atoms. The van der Waals surface area contributed by atoms with Crippen LogP contribution in [0.2, 0.25) is 0 Å². The lowest BCUT2D eigenvalue weighted by Gasteiger charge is -2.08. The molecule has 1 rings (SSSR count). The van der Waals surface area contributed by atoms with Crippen molar-refractivity contribution in [3.63, 3.8) is 0 Å². The van der Waals surface area contributed by atoms with Gasteiger partial charge in [0.15, 0.2) is 11.4 Å². The Morgan fingerprint density at radius 2 is 2.25 bits per heavy atom. The fourth-order valence-corrected chi connectivity index (χ4v) is 1.14. The van der Waals surface area contributed by atoms with Crippen molar-refractivity contribution in [3.8, 4) is 5.75 Å². The van der Waals surface area contributed by atoms with Gasteiger partial charge in [0.2, 0.25) is 0 Å². The van der Waals surface area contributed by atoms with E-state index in [0.29, 0.717) is 0 Å². The Labute approximate surface area is 90.9 Å². The average molecular weight is 231 g/mol. The monoisotopic (exact) mass is 231 g/mol. The number of pyridine rings is 1. The molecule has 0 aliphatic heterocycles. The second-order valence-corrected chi connectivity index (χ2v) is 3.08. The van der Waals surface area contributed by atoms with Gasteiger partial charge in [-0.1, -0.05) is 0 Å². The van der Waals surface area contributed by atoms with Crippen LogP contribution in [0.15, 0.2) is 6.07 Å². The number of rotatable bonds is 3. The van der Waals surface area contributed by atoms with Crippen LogP contribution in [0.25, 0.3) is 0 Å². The van der Waals surface area contributed by atoms with Crippen LogP contribution >= 0.6 is 0 Å². The molecule has 0 aliphatic rings. The van der Waals surface area contributed by atoms with Crippen molar-refractivity contribution in [3.05, 3.63) is 23.0 Å². The van der Waals surface area contributed by atoms with E-state index in [2.05, 4.69) is 9.72 Å². The summed E-state index contributed by atoms with van der Waals surface area (Å²) in [5.41, 5.74) is -0.871. The van der Waals surface area contributed by atoms with Crippen molar-refractivity contribution in [2.75, 3.05) is 6.61 Å². The molecule has 88 valence electrons. The number of hydrogen-bond acceptors (Lipinski definition) is 4. The molecule has 1 aromatic heterocycles. The highest BCUT2D eigenvalue weighted by Gasteiger charge is 2.20. The number of carbonyl (C=O) groups is 1. The van der Waals surface area contributed by atoms with Crippen LogP contribution in [0.1, 0.15) is 35.1 Å². The van der Waals surface area contributed by atoms with Crippen LogP contribution < -0.4 is 0 Å². The Morgan fingerprint density at radius 3 is 2.75 bits per heavy atom. The van der Waals surface area contributed by atoms with Crippen molar-refractivity contribution in [2.45, 2.75) is 20.3 Å². The highest BCUT2D eigenvalue weighted by Crippen LogP contribution is 2.26. The smallest absolute Gasteiger partial charge is 0.360 e. The Hall–Kier alpha value is -1.72. The van der Waals surface area contributed by atoms with Crippen molar-refractivity contribution < 1.29 is 23.4 Å². The van der Waals surface area contributed by atoms with Gasteiger partial charge < -0.3 is 9.84 Å². The molecular weight excluding hydrogens is 220 g/mol. The first-order valence-electron chi connectivity index (χ1n) is 4.63. The van der Waals surface area contributed by atoms with Gasteiger partial charge in [-0.25, -0.2) is 18.6 Å². The van der Waals surface area contributed by atoms with E-state index in [1.165, 1.54) is 6.92 Å². The molecule has 0 aliphatic carbocycles. The number of nitrogens with zero attached hydrogens (tertiary/aromatic N) is 1. The van der Waals surface area contributed by atoms with E-state index >= 15 is 0 Å². The molecule has 1 N–H and O–H groups in total. The summed E-state index contributed by atoms with van der Waals surface area (Å²) in [5, 5.41) is 9.49. The lowest BCUT2D eigenvalue weighted by Crippen LogP contribution is -2.10. The first-order valence-corrected chi connectivity index (χ1v) is 4.63. The normalized spacial score (nSPS) is 10.6. The molecule has 16 heavy (non-hydrogen) atoms. The summed E-state index contributed by atoms with van der Waals surface area (Å²) < 4.78 is 29.4. The van der Waals surface area contributed by atoms with Crippen LogP contribution in [0.5, 0.6) is 5.75 Å². The molecule has 0 amide bonds. The van der Waals surface area contributed by atoms with Gasteiger partial charge >= 0.3 is 5.97 Å². The molecule has 0 saturated heterocycles. The van der Waals surface area contributed by atoms with Gasteiger partial charge in [0, 0.05) is 0 Å². The molecular formula is C10H11F2NO3. The van der Waals surface area contributed by atoms with Crippen LogP contribution in [0.4, 0.5) is 8.78 Å². The molecule has 0 fully saturated rings. The van der Waals surface area contributed by atoms with Gasteiger partial charge in [0.05, 0.1) is 6.61 Å². The number of aromatic nitrogens is 1. The van der Waals surface area contributed by atoms with E-state index < -0.39 is 29.5 Å². The maximum Gasteiger partial charge on any atom is 0.360 e. The zero-order valence-corrected chi connectivity index (χ0v) is 8.83. The number of halogens is 2. The minimum atomic E-state index is -2.80. The molecule has 1 aromatic rings. The number of aryl methyl sites for hydroxylation is 1. The molecule has 0 aromatic carbocycles. The van der Waals surface area contributed by atoms with Crippen LogP contribution in [0, 0.1) is 6.92 Å². The largest absolute Gasteiger partial charge is 0.505 e. The molecule has 0 atom stereocenters. The Morgan fingerprint density at radius 1 is 1.62 bits per heavy atom. The fourth-order valence-electron chi connectivity index (χ4n) is 1.14. The topological polar surface area (TPSA) is 59.4 Å². The lowest BCUT2D eigenvalue weighted by molar-refractivity contribution is 0.0514. The second kappa shape index (κ2) is 4.87. The van der Waals surface area contributed by atoms with Crippen LogP contribution in [-0.2, 0) is 4.74 Å². The summed E-state index contributed by atoms with van der Waals surface area (Å²) in [7, 11) is 0. The fraction of sp³-hybridized carbons (Fsp3) is 0.400. The summed E-state index contributed by atoms with van der Waals surface area (Å²) >= 11 is 0. The van der Waals surface area contributed by atoms with Crippen molar-refractivity contribution in [2.24, 2.45) is 0 Å². The molecule has 0 unspecified atom stereocenters. The van der Waals surface area contributed by atoms with Crippen molar-refractivity contribution in [1.82, 2.24) is 4.98 Å². The highest BCUT2D eigenvalue weighted by atomic mass is 19.3. The van der Waals surface area contributed by atoms with Crippen molar-refractivity contribution >= 4 is 5.97 Å². The van der Waals surface area contributed by atoms with Gasteiger partial charge in [-0.2, -0.15) is 0 Å². The average Bonchev–Trinajstić information content (AvgIpc) is 2.21. The number of aromatic hydroxyl groups is 1. The minimum Gasteiger partial charge on any atom is -0.505 e. The van der Waals surface area contributed by atoms with E-state index in [9.17, 15) is 18.7 Å². The van der Waals surface area contributed by atoms with E-state index in [0.717, 1.165) is 6.07 Å². The van der Waals surface area contributed by atoms with E-state index in [-0.39, 0.29) is 12.2 Å². The molecule has 0 spiro atoms. The quantitative estimate of drug-likeness (QED) is 0.810. The standard InChI is InChI=1S/C10H11F2NO3/c1-3-16-10(15)7-8(14)5(2)4-6(13-7)9(11)12/h4,9,14H,3H2,1-2H3. The van der Waals surface area contributed by atoms with Gasteiger partial charge in [-0.15, -0.1) is 0 Å². The van der Waals surface area contributed by atoms with Crippen LogP contribution in [-0.4, -0.2) is 22.7 Å². The zero-order chi connectivity index (χ0) is 12.3. The van der Waals surface area contributed by atoms with E-state index in [1.54, 1.807) is 6.92 Å². The Kier molecular flexibility index (Phi) is 3.76. The third-order valence-corrected chi connectivity index (χ3v) is 1.90. The SMILES string of the molecule is CCOC(=O)c1nc(C(F)F)cc(C)c1O. The number of carbonyl (C=O) groups excluding carboxylic acids is 1. The zero-order valence-electron chi connectivity index (χ0n) is 8.83. The highest BCUT2D eigenvalue weighted by molar-refractivity contribution is 5.90. The molecule has 0 saturated carbocycles. The van der Waals surface area contributed by atoms with Gasteiger partial charge in [0.25, 0.3) is 6.43 Å². The molecule has 1 heterocycles. The van der Waals surface area contributed by atoms with E-state index in [4.69, 9.17) is 0 Å². The second-order valence-electron chi connectivity index (χ2n) is 3.08. The number of alkyl halides is 2. The number of hydrogen-bond donors (Lipinski definition) is 1. The van der Waals surface area contributed by atoms with E-state index in [1.807, 2.05) is 0 Å². The molecule has 0 radical (unpaired) electrons. The Bertz CT molecular complexity index is 407. The first-order chi connectivity index (χ1) is 7.47. The predicted molar refractivity (Wildman–Crippen MR) is 51.6 cm³/mol.